The third kappa shape index (κ3) is 4.05. The summed E-state index contributed by atoms with van der Waals surface area (Å²) in [4.78, 5) is 39.8. The van der Waals surface area contributed by atoms with Gasteiger partial charge in [-0.25, -0.2) is 4.79 Å². The molecule has 8 nitrogen and oxygen atoms in total. The molecule has 1 unspecified atom stereocenters. The second kappa shape index (κ2) is 6.72. The van der Waals surface area contributed by atoms with Crippen LogP contribution in [0.5, 0.6) is 0 Å². The summed E-state index contributed by atoms with van der Waals surface area (Å²) in [5.74, 6) is -0.852. The van der Waals surface area contributed by atoms with Gasteiger partial charge in [0.2, 0.25) is 0 Å². The molecule has 21 heavy (non-hydrogen) atoms. The number of aromatic amines is 1. The Hall–Kier alpha value is -1.87. The number of nitrogens with one attached hydrogen (secondary N) is 2. The molecule has 2 rings (SSSR count). The van der Waals surface area contributed by atoms with Gasteiger partial charge >= 0.3 is 16.9 Å². The van der Waals surface area contributed by atoms with Gasteiger partial charge in [-0.05, 0) is 6.92 Å². The van der Waals surface area contributed by atoms with Gasteiger partial charge in [0.15, 0.2) is 0 Å². The summed E-state index contributed by atoms with van der Waals surface area (Å²) in [6, 6.07) is -0.740. The van der Waals surface area contributed by atoms with Crippen LogP contribution in [0.4, 0.5) is 4.79 Å². The number of nitrogens with zero attached hydrogens (tertiary/aromatic N) is 2. The molecule has 0 bridgehead atoms. The Labute approximate surface area is 125 Å². The van der Waals surface area contributed by atoms with E-state index < -0.39 is 12.0 Å². The number of hydrogen-bond donors (Lipinski definition) is 3. The molecule has 0 radical (unpaired) electrons. The Balaban J connectivity index is 1.77. The summed E-state index contributed by atoms with van der Waals surface area (Å²) >= 11 is 1.06. The van der Waals surface area contributed by atoms with Crippen LogP contribution in [0.2, 0.25) is 0 Å². The van der Waals surface area contributed by atoms with Gasteiger partial charge in [0.25, 0.3) is 0 Å². The molecular formula is C12H18N4O4S. The molecule has 1 fully saturated rings. The number of carbonyl (C=O) groups is 2. The number of thiazole rings is 1. The van der Waals surface area contributed by atoms with Gasteiger partial charge in [0.05, 0.1) is 6.54 Å². The first kappa shape index (κ1) is 15.5. The molecule has 1 saturated heterocycles. The number of aliphatic carboxylic acids is 1. The maximum Gasteiger partial charge on any atom is 0.320 e. The smallest absolute Gasteiger partial charge is 0.320 e. The Bertz CT molecular complexity index is 562. The third-order valence-corrected chi connectivity index (χ3v) is 4.23. The first-order valence-electron chi connectivity index (χ1n) is 6.63. The van der Waals surface area contributed by atoms with Crippen molar-refractivity contribution in [2.24, 2.45) is 0 Å². The Morgan fingerprint density at radius 2 is 2.10 bits per heavy atom. The van der Waals surface area contributed by atoms with Crippen LogP contribution in [-0.2, 0) is 11.3 Å². The molecule has 1 aromatic rings. The number of carboxylic acid groups (broad SMARTS) is 1. The summed E-state index contributed by atoms with van der Waals surface area (Å²) in [6.07, 6.45) is 0. The number of amides is 2. The second-order valence-corrected chi connectivity index (χ2v) is 5.71. The van der Waals surface area contributed by atoms with Crippen molar-refractivity contribution in [1.82, 2.24) is 20.1 Å². The zero-order valence-electron chi connectivity index (χ0n) is 11.7. The third-order valence-electron chi connectivity index (χ3n) is 3.51. The van der Waals surface area contributed by atoms with Gasteiger partial charge in [0.1, 0.15) is 6.04 Å². The molecule has 1 aliphatic heterocycles. The lowest BCUT2D eigenvalue weighted by Gasteiger charge is -2.36. The summed E-state index contributed by atoms with van der Waals surface area (Å²) in [5, 5.41) is 13.4. The molecule has 0 spiro atoms. The molecule has 2 heterocycles. The van der Waals surface area contributed by atoms with Gasteiger partial charge in [-0.2, -0.15) is 0 Å². The SMILES string of the molecule is CC(C(=O)O)N1CCN(C(=O)NCc2csc(=O)[nH]2)CC1. The summed E-state index contributed by atoms with van der Waals surface area (Å²) in [7, 11) is 0. The number of rotatable bonds is 4. The van der Waals surface area contributed by atoms with Gasteiger partial charge in [-0.3, -0.25) is 14.5 Å². The molecule has 0 aliphatic carbocycles. The minimum atomic E-state index is -0.852. The number of H-pyrrole nitrogens is 1. The van der Waals surface area contributed by atoms with Crippen molar-refractivity contribution >= 4 is 23.3 Å². The van der Waals surface area contributed by atoms with Crippen LogP contribution in [0.25, 0.3) is 0 Å². The molecule has 3 N–H and O–H groups in total. The van der Waals surface area contributed by atoms with E-state index in [0.717, 1.165) is 11.3 Å². The van der Waals surface area contributed by atoms with Crippen molar-refractivity contribution in [3.8, 4) is 0 Å². The maximum atomic E-state index is 12.0. The van der Waals surface area contributed by atoms with Crippen molar-refractivity contribution in [3.63, 3.8) is 0 Å². The van der Waals surface area contributed by atoms with E-state index in [1.165, 1.54) is 0 Å². The zero-order chi connectivity index (χ0) is 15.4. The highest BCUT2D eigenvalue weighted by atomic mass is 32.1. The monoisotopic (exact) mass is 314 g/mol. The maximum absolute atomic E-state index is 12.0. The number of hydrogen-bond acceptors (Lipinski definition) is 5. The Kier molecular flexibility index (Phi) is 4.97. The van der Waals surface area contributed by atoms with Gasteiger partial charge in [0, 0.05) is 37.3 Å². The van der Waals surface area contributed by atoms with Crippen LogP contribution >= 0.6 is 11.3 Å². The molecule has 0 aromatic carbocycles. The van der Waals surface area contributed by atoms with E-state index in [4.69, 9.17) is 5.11 Å². The minimum Gasteiger partial charge on any atom is -0.480 e. The average Bonchev–Trinajstić information content (AvgIpc) is 2.89. The van der Waals surface area contributed by atoms with E-state index in [1.54, 1.807) is 17.2 Å². The van der Waals surface area contributed by atoms with E-state index >= 15 is 0 Å². The molecule has 1 aromatic heterocycles. The van der Waals surface area contributed by atoms with Gasteiger partial charge in [-0.15, -0.1) is 0 Å². The predicted octanol–water partition coefficient (Wildman–Crippen LogP) is -0.263. The summed E-state index contributed by atoms with van der Waals surface area (Å²) in [5.41, 5.74) is 0.677. The lowest BCUT2D eigenvalue weighted by molar-refractivity contribution is -0.143. The fourth-order valence-corrected chi connectivity index (χ4v) is 2.73. The van der Waals surface area contributed by atoms with Crippen molar-refractivity contribution < 1.29 is 14.7 Å². The van der Waals surface area contributed by atoms with E-state index in [9.17, 15) is 14.4 Å². The quantitative estimate of drug-likeness (QED) is 0.710. The molecule has 1 aliphatic rings. The zero-order valence-corrected chi connectivity index (χ0v) is 12.5. The number of piperazine rings is 1. The lowest BCUT2D eigenvalue weighted by atomic mass is 10.2. The van der Waals surface area contributed by atoms with Crippen LogP contribution < -0.4 is 10.2 Å². The van der Waals surface area contributed by atoms with Crippen LogP contribution in [0, 0.1) is 0 Å². The second-order valence-electron chi connectivity index (χ2n) is 4.87. The van der Waals surface area contributed by atoms with Crippen molar-refractivity contribution in [2.45, 2.75) is 19.5 Å². The Morgan fingerprint density at radius 1 is 1.43 bits per heavy atom. The largest absolute Gasteiger partial charge is 0.480 e. The number of carboxylic acids is 1. The number of carbonyl (C=O) groups excluding carboxylic acids is 1. The van der Waals surface area contributed by atoms with E-state index in [1.807, 2.05) is 4.90 Å². The summed E-state index contributed by atoms with van der Waals surface area (Å²) in [6.45, 7) is 3.98. The van der Waals surface area contributed by atoms with Crippen LogP contribution in [-0.4, -0.2) is 64.1 Å². The number of aromatic nitrogens is 1. The van der Waals surface area contributed by atoms with Gasteiger partial charge in [-0.1, -0.05) is 11.3 Å². The average molecular weight is 314 g/mol. The highest BCUT2D eigenvalue weighted by Crippen LogP contribution is 2.07. The van der Waals surface area contributed by atoms with Crippen molar-refractivity contribution in [2.75, 3.05) is 26.2 Å². The van der Waals surface area contributed by atoms with Gasteiger partial charge < -0.3 is 20.3 Å². The lowest BCUT2D eigenvalue weighted by Crippen LogP contribution is -2.55. The summed E-state index contributed by atoms with van der Waals surface area (Å²) < 4.78 is 0. The highest BCUT2D eigenvalue weighted by Gasteiger charge is 2.26. The Morgan fingerprint density at radius 3 is 2.62 bits per heavy atom. The first-order valence-corrected chi connectivity index (χ1v) is 7.51. The van der Waals surface area contributed by atoms with E-state index in [-0.39, 0.29) is 17.4 Å². The molecule has 9 heteroatoms. The van der Waals surface area contributed by atoms with Crippen LogP contribution in [0.3, 0.4) is 0 Å². The predicted molar refractivity (Wildman–Crippen MR) is 77.4 cm³/mol. The van der Waals surface area contributed by atoms with Crippen LogP contribution in [0.15, 0.2) is 10.2 Å². The van der Waals surface area contributed by atoms with E-state index in [0.29, 0.717) is 31.9 Å². The normalized spacial score (nSPS) is 17.5. The molecule has 0 saturated carbocycles. The van der Waals surface area contributed by atoms with E-state index in [2.05, 4.69) is 10.3 Å². The fraction of sp³-hybridized carbons (Fsp3) is 0.583. The topological polar surface area (TPSA) is 106 Å². The standard InChI is InChI=1S/C12H18N4O4S/c1-8(10(17)18)15-2-4-16(5-3-15)11(19)13-6-9-7-21-12(20)14-9/h7-8H,2-6H2,1H3,(H,13,19)(H,14,20)(H,17,18). The highest BCUT2D eigenvalue weighted by molar-refractivity contribution is 7.07. The molecule has 116 valence electrons. The van der Waals surface area contributed by atoms with Crippen molar-refractivity contribution in [3.05, 3.63) is 20.7 Å². The fourth-order valence-electron chi connectivity index (χ4n) is 2.15. The van der Waals surface area contributed by atoms with Crippen LogP contribution in [0.1, 0.15) is 12.6 Å². The molecular weight excluding hydrogens is 296 g/mol. The first-order chi connectivity index (χ1) is 9.97. The van der Waals surface area contributed by atoms with Crippen molar-refractivity contribution in [1.29, 1.82) is 0 Å². The number of urea groups is 1. The molecule has 1 atom stereocenters. The molecule has 2 amide bonds. The minimum absolute atomic E-state index is 0.143.